The van der Waals surface area contributed by atoms with Gasteiger partial charge in [-0.05, 0) is 236 Å². The van der Waals surface area contributed by atoms with Crippen LogP contribution in [0.2, 0.25) is 0 Å². The first-order valence-electron chi connectivity index (χ1n) is 41.2. The van der Waals surface area contributed by atoms with E-state index in [4.69, 9.17) is 29.9 Å². The molecule has 4 aliphatic heterocycles. The molecule has 0 aliphatic carbocycles. The van der Waals surface area contributed by atoms with E-state index in [1.54, 1.807) is 0 Å². The van der Waals surface area contributed by atoms with Gasteiger partial charge in [-0.25, -0.2) is 29.9 Å². The summed E-state index contributed by atoms with van der Waals surface area (Å²) >= 11 is 0. The first-order chi connectivity index (χ1) is 57.2. The maximum atomic E-state index is 5.73. The zero-order chi connectivity index (χ0) is 79.9. The highest BCUT2D eigenvalue weighted by Crippen LogP contribution is 2.59. The molecule has 118 heavy (non-hydrogen) atoms. The van der Waals surface area contributed by atoms with E-state index in [1.165, 1.54) is 90.0 Å². The molecule has 0 fully saturated rings. The lowest BCUT2D eigenvalue weighted by atomic mass is 9.73. The second kappa shape index (κ2) is 24.8. The van der Waals surface area contributed by atoms with Gasteiger partial charge in [0, 0.05) is 89.5 Å². The van der Waals surface area contributed by atoms with Crippen molar-refractivity contribution < 1.29 is 0 Å². The van der Waals surface area contributed by atoms with Gasteiger partial charge in [-0.15, -0.1) is 0 Å². The lowest BCUT2D eigenvalue weighted by Crippen LogP contribution is -2.30. The van der Waals surface area contributed by atoms with Crippen molar-refractivity contribution in [2.24, 2.45) is 0 Å². The number of hydrogen-bond acceptors (Lipinski definition) is 10. The van der Waals surface area contributed by atoms with Gasteiger partial charge in [0.2, 0.25) is 0 Å². The molecule has 4 aromatic heterocycles. The number of aromatic nitrogens is 6. The average molecular weight is 1520 g/mol. The second-order valence-electron chi connectivity index (χ2n) is 35.1. The minimum Gasteiger partial charge on any atom is -0.310 e. The van der Waals surface area contributed by atoms with Crippen LogP contribution in [0.25, 0.3) is 110 Å². The molecular weight excluding hydrogens is 1440 g/mol. The minimum atomic E-state index is -0.214. The molecule has 23 rings (SSSR count). The topological polar surface area (TPSA) is 90.3 Å². The van der Waals surface area contributed by atoms with Crippen LogP contribution in [-0.4, -0.2) is 29.9 Å². The van der Waals surface area contributed by atoms with Gasteiger partial charge in [-0.1, -0.05) is 225 Å². The fraction of sp³-hybridized carbons (Fsp3) is 0.148. The van der Waals surface area contributed by atoms with Crippen molar-refractivity contribution in [3.63, 3.8) is 0 Å². The second-order valence-corrected chi connectivity index (χ2v) is 35.1. The van der Waals surface area contributed by atoms with Gasteiger partial charge in [-0.3, -0.25) is 0 Å². The van der Waals surface area contributed by atoms with E-state index in [-0.39, 0.29) is 21.7 Å². The monoisotopic (exact) mass is 1520 g/mol. The van der Waals surface area contributed by atoms with Crippen molar-refractivity contribution in [3.05, 3.63) is 358 Å². The van der Waals surface area contributed by atoms with Crippen LogP contribution < -0.4 is 19.6 Å². The zero-order valence-corrected chi connectivity index (χ0v) is 68.2. The van der Waals surface area contributed by atoms with Crippen LogP contribution in [0, 0.1) is 27.7 Å². The Labute approximate surface area is 686 Å². The molecule has 10 heteroatoms. The van der Waals surface area contributed by atoms with Crippen molar-refractivity contribution in [1.82, 2.24) is 29.9 Å². The van der Waals surface area contributed by atoms with Gasteiger partial charge in [0.05, 0.1) is 67.6 Å². The first kappa shape index (κ1) is 69.5. The van der Waals surface area contributed by atoms with E-state index in [2.05, 4.69) is 382 Å². The average Bonchev–Trinajstić information content (AvgIpc) is 0.718. The summed E-state index contributed by atoms with van der Waals surface area (Å²) in [6.07, 6.45) is 4.00. The summed E-state index contributed by atoms with van der Waals surface area (Å²) in [5.74, 6) is 0. The van der Waals surface area contributed by atoms with Crippen molar-refractivity contribution in [3.8, 4) is 22.3 Å². The van der Waals surface area contributed by atoms with Crippen LogP contribution in [0.15, 0.2) is 291 Å². The Morgan fingerprint density at radius 1 is 0.220 bits per heavy atom. The van der Waals surface area contributed by atoms with E-state index in [0.717, 1.165) is 143 Å². The molecule has 0 N–H and O–H groups in total. The van der Waals surface area contributed by atoms with E-state index < -0.39 is 0 Å². The third kappa shape index (κ3) is 9.68. The van der Waals surface area contributed by atoms with Crippen LogP contribution in [0.3, 0.4) is 0 Å². The fourth-order valence-corrected chi connectivity index (χ4v) is 21.3. The Balaban J connectivity index is 0.668. The lowest BCUT2D eigenvalue weighted by Gasteiger charge is -2.42. The molecule has 0 radical (unpaired) electrons. The largest absolute Gasteiger partial charge is 0.310 e. The van der Waals surface area contributed by atoms with Crippen LogP contribution in [0.1, 0.15) is 122 Å². The summed E-state index contributed by atoms with van der Waals surface area (Å²) < 4.78 is 0. The van der Waals surface area contributed by atoms with Crippen LogP contribution in [0.5, 0.6) is 0 Å². The molecule has 15 aromatic carbocycles. The number of hydrogen-bond donors (Lipinski definition) is 0. The molecule has 10 nitrogen and oxygen atoms in total. The normalized spacial score (nSPS) is 15.2. The summed E-state index contributed by atoms with van der Waals surface area (Å²) in [6, 6.07) is 103. The number of fused-ring (bicyclic) bond motifs is 22. The smallest absolute Gasteiger partial charge is 0.178 e. The number of nitrogens with zero attached hydrogens (tertiary/aromatic N) is 10. The van der Waals surface area contributed by atoms with Crippen LogP contribution in [-0.2, 0) is 21.7 Å². The number of rotatable bonds is 6. The molecule has 4 aliphatic rings. The number of pyridine rings is 2. The molecule has 0 spiro atoms. The molecular formula is C108H84N10. The Kier molecular flexibility index (Phi) is 14.6. The summed E-state index contributed by atoms with van der Waals surface area (Å²) in [7, 11) is 0. The fourth-order valence-electron chi connectivity index (χ4n) is 21.3. The highest BCUT2D eigenvalue weighted by atomic mass is 15.2. The van der Waals surface area contributed by atoms with Gasteiger partial charge in [0.1, 0.15) is 11.0 Å². The number of para-hydroxylation sites is 8. The molecule has 19 aromatic rings. The van der Waals surface area contributed by atoms with E-state index in [1.807, 2.05) is 12.4 Å². The summed E-state index contributed by atoms with van der Waals surface area (Å²) in [6.45, 7) is 27.7. The molecule has 0 unspecified atom stereocenters. The molecule has 0 saturated heterocycles. The summed E-state index contributed by atoms with van der Waals surface area (Å²) in [5.41, 5.74) is 37.8. The first-order valence-corrected chi connectivity index (χ1v) is 41.2. The minimum absolute atomic E-state index is 0.209. The molecule has 0 bridgehead atoms. The molecule has 0 amide bonds. The van der Waals surface area contributed by atoms with Gasteiger partial charge >= 0.3 is 0 Å². The maximum absolute atomic E-state index is 5.73. The van der Waals surface area contributed by atoms with E-state index in [9.17, 15) is 0 Å². The SMILES string of the molecule is Cc1c(C)c(-c2cnc3nc4c5ccc(N6c7ccccc7C(C)(C)c7ccccc76)cc5c5cc(N6c7ccccc7C(C)(C)c7ccccc76)ccc5c4nc3c2)c(C)c(C)c1-c1cnc2nc3c4ccc(N5c6ccccc6C(C)(C)c6ccccc65)cc4c4cc(N5c6ccccc6C(C)(C)c6ccccc65)ccc4c3nc2c1. The third-order valence-corrected chi connectivity index (χ3v) is 27.4. The molecule has 0 atom stereocenters. The Morgan fingerprint density at radius 2 is 0.424 bits per heavy atom. The van der Waals surface area contributed by atoms with Gasteiger partial charge < -0.3 is 19.6 Å². The van der Waals surface area contributed by atoms with Crippen LogP contribution in [0.4, 0.5) is 68.2 Å². The predicted octanol–water partition coefficient (Wildman–Crippen LogP) is 28.3. The standard InChI is InChI=1S/C108H84N10/c1-61-62(2)98(66-54-88-104(110-60-66)114-102-74-52-48-70(118-95-43-27-19-35-85(95)108(11,12)86-36-20-28-44-96(86)118)58-78(74)76-56-68(46-50-72(76)100(102)112-88)116-91-39-23-15-31-81(91)106(7,8)82-32-16-24-40-92(82)116)64(4)63(3)97(61)65-53-87-103(109-59-65)113-101-73-51-47-69(117-93-41-25-17-33-83(93)107(9,10)84-34-18-26-42-94(84)117)57-77(73)75-55-67(45-49-71(75)99(101)111-87)115-89-37-21-13-29-79(89)105(5,6)80-30-14-22-38-90(80)115/h13-60H,1-12H3. The van der Waals surface area contributed by atoms with Crippen molar-refractivity contribution in [2.75, 3.05) is 19.6 Å². The van der Waals surface area contributed by atoms with Crippen molar-refractivity contribution in [1.29, 1.82) is 0 Å². The lowest BCUT2D eigenvalue weighted by molar-refractivity contribution is 0.632. The summed E-state index contributed by atoms with van der Waals surface area (Å²) in [5, 5.41) is 8.40. The van der Waals surface area contributed by atoms with Gasteiger partial charge in [0.25, 0.3) is 0 Å². The van der Waals surface area contributed by atoms with Crippen molar-refractivity contribution in [2.45, 2.75) is 105 Å². The van der Waals surface area contributed by atoms with E-state index in [0.29, 0.717) is 11.3 Å². The Morgan fingerprint density at radius 3 is 0.644 bits per heavy atom. The van der Waals surface area contributed by atoms with Crippen LogP contribution >= 0.6 is 0 Å². The van der Waals surface area contributed by atoms with Gasteiger partial charge in [0.15, 0.2) is 11.3 Å². The highest BCUT2D eigenvalue weighted by Gasteiger charge is 2.42. The predicted molar refractivity (Wildman–Crippen MR) is 490 cm³/mol. The van der Waals surface area contributed by atoms with Crippen molar-refractivity contribution >= 4 is 156 Å². The molecule has 566 valence electrons. The Hall–Kier alpha value is -14.0. The zero-order valence-electron chi connectivity index (χ0n) is 68.2. The molecule has 8 heterocycles. The third-order valence-electron chi connectivity index (χ3n) is 27.4. The maximum Gasteiger partial charge on any atom is 0.178 e. The molecule has 0 saturated carbocycles. The number of anilines is 12. The van der Waals surface area contributed by atoms with Gasteiger partial charge in [-0.2, -0.15) is 0 Å². The number of benzene rings is 15. The Bertz CT molecular complexity index is 7000. The highest BCUT2D eigenvalue weighted by molar-refractivity contribution is 6.27. The summed E-state index contributed by atoms with van der Waals surface area (Å²) in [4.78, 5) is 43.0. The quantitative estimate of drug-likeness (QED) is 0.118. The van der Waals surface area contributed by atoms with E-state index >= 15 is 0 Å².